The SMILES string of the molecule is CN(C)c1ccc(-c2cc3ccccc3n2CC(F)(F)F)cn1. The summed E-state index contributed by atoms with van der Waals surface area (Å²) in [7, 11) is 3.73. The van der Waals surface area contributed by atoms with E-state index in [1.165, 1.54) is 4.57 Å². The summed E-state index contributed by atoms with van der Waals surface area (Å²) in [5, 5.41) is 0.781. The molecule has 2 heterocycles. The lowest BCUT2D eigenvalue weighted by molar-refractivity contribution is -0.139. The highest BCUT2D eigenvalue weighted by molar-refractivity contribution is 5.87. The fourth-order valence-corrected chi connectivity index (χ4v) is 2.60. The van der Waals surface area contributed by atoms with E-state index < -0.39 is 12.7 Å². The number of halogens is 3. The Kier molecular flexibility index (Phi) is 3.75. The smallest absolute Gasteiger partial charge is 0.363 e. The molecule has 1 aromatic carbocycles. The van der Waals surface area contributed by atoms with Crippen molar-refractivity contribution < 1.29 is 13.2 Å². The van der Waals surface area contributed by atoms with Crippen LogP contribution in [0, 0.1) is 0 Å². The van der Waals surface area contributed by atoms with Crippen molar-refractivity contribution in [2.75, 3.05) is 19.0 Å². The molecule has 0 atom stereocenters. The van der Waals surface area contributed by atoms with Gasteiger partial charge in [-0.25, -0.2) is 4.98 Å². The van der Waals surface area contributed by atoms with E-state index in [2.05, 4.69) is 4.98 Å². The average Bonchev–Trinajstić information content (AvgIpc) is 2.84. The van der Waals surface area contributed by atoms with Crippen LogP contribution in [0.4, 0.5) is 19.0 Å². The summed E-state index contributed by atoms with van der Waals surface area (Å²) in [5.74, 6) is 0.757. The summed E-state index contributed by atoms with van der Waals surface area (Å²) >= 11 is 0. The highest BCUT2D eigenvalue weighted by Gasteiger charge is 2.30. The number of hydrogen-bond acceptors (Lipinski definition) is 2. The van der Waals surface area contributed by atoms with E-state index in [9.17, 15) is 13.2 Å². The van der Waals surface area contributed by atoms with Crippen LogP contribution in [0.3, 0.4) is 0 Å². The van der Waals surface area contributed by atoms with Gasteiger partial charge in [0, 0.05) is 36.8 Å². The first-order chi connectivity index (χ1) is 10.8. The normalized spacial score (nSPS) is 11.9. The molecule has 0 saturated carbocycles. The van der Waals surface area contributed by atoms with Crippen LogP contribution in [-0.4, -0.2) is 29.8 Å². The maximum atomic E-state index is 13.0. The predicted octanol–water partition coefficient (Wildman–Crippen LogP) is 4.33. The van der Waals surface area contributed by atoms with Gasteiger partial charge < -0.3 is 9.47 Å². The van der Waals surface area contributed by atoms with Crippen molar-refractivity contribution in [1.29, 1.82) is 0 Å². The standard InChI is InChI=1S/C17H16F3N3/c1-22(2)16-8-7-13(10-21-16)15-9-12-5-3-4-6-14(12)23(15)11-17(18,19)20/h3-10H,11H2,1-2H3. The van der Waals surface area contributed by atoms with Gasteiger partial charge >= 0.3 is 6.18 Å². The minimum atomic E-state index is -4.28. The third-order valence-electron chi connectivity index (χ3n) is 3.65. The van der Waals surface area contributed by atoms with Gasteiger partial charge in [-0.05, 0) is 24.3 Å². The Bertz CT molecular complexity index is 817. The number of hydrogen-bond donors (Lipinski definition) is 0. The molecule has 6 heteroatoms. The molecule has 0 saturated heterocycles. The molecule has 2 aromatic heterocycles. The van der Waals surface area contributed by atoms with Gasteiger partial charge in [-0.1, -0.05) is 18.2 Å². The van der Waals surface area contributed by atoms with Gasteiger partial charge in [0.1, 0.15) is 12.4 Å². The van der Waals surface area contributed by atoms with Crippen LogP contribution in [0.15, 0.2) is 48.7 Å². The van der Waals surface area contributed by atoms with Gasteiger partial charge in [0.25, 0.3) is 0 Å². The number of para-hydroxylation sites is 1. The zero-order valence-corrected chi connectivity index (χ0v) is 12.8. The van der Waals surface area contributed by atoms with Crippen molar-refractivity contribution >= 4 is 16.7 Å². The molecule has 0 aliphatic rings. The van der Waals surface area contributed by atoms with Crippen LogP contribution < -0.4 is 4.90 Å². The lowest BCUT2D eigenvalue weighted by atomic mass is 10.2. The molecule has 120 valence electrons. The van der Waals surface area contributed by atoms with Crippen LogP contribution in [0.1, 0.15) is 0 Å². The maximum Gasteiger partial charge on any atom is 0.406 e. The number of nitrogens with zero attached hydrogens (tertiary/aromatic N) is 3. The van der Waals surface area contributed by atoms with Gasteiger partial charge in [-0.3, -0.25) is 0 Å². The number of pyridine rings is 1. The Hall–Kier alpha value is -2.50. The quantitative estimate of drug-likeness (QED) is 0.716. The van der Waals surface area contributed by atoms with E-state index in [-0.39, 0.29) is 0 Å². The molecule has 0 N–H and O–H groups in total. The fraction of sp³-hybridized carbons (Fsp3) is 0.235. The highest BCUT2D eigenvalue weighted by Crippen LogP contribution is 2.31. The second-order valence-electron chi connectivity index (χ2n) is 5.59. The van der Waals surface area contributed by atoms with Crippen molar-refractivity contribution in [2.45, 2.75) is 12.7 Å². The largest absolute Gasteiger partial charge is 0.406 e. The zero-order chi connectivity index (χ0) is 16.6. The second-order valence-corrected chi connectivity index (χ2v) is 5.59. The first-order valence-electron chi connectivity index (χ1n) is 7.14. The van der Waals surface area contributed by atoms with Gasteiger partial charge in [0.2, 0.25) is 0 Å². The Labute approximate surface area is 132 Å². The minimum absolute atomic E-state index is 0.515. The average molecular weight is 319 g/mol. The third kappa shape index (κ3) is 3.16. The molecular weight excluding hydrogens is 303 g/mol. The summed E-state index contributed by atoms with van der Waals surface area (Å²) in [5.41, 5.74) is 1.74. The first kappa shape index (κ1) is 15.4. The molecule has 0 fully saturated rings. The van der Waals surface area contributed by atoms with Crippen LogP contribution >= 0.6 is 0 Å². The summed E-state index contributed by atoms with van der Waals surface area (Å²) in [4.78, 5) is 6.14. The molecule has 3 rings (SSSR count). The van der Waals surface area contributed by atoms with Crippen molar-refractivity contribution in [2.24, 2.45) is 0 Å². The summed E-state index contributed by atoms with van der Waals surface area (Å²) in [6.07, 6.45) is -2.68. The topological polar surface area (TPSA) is 21.1 Å². The van der Waals surface area contributed by atoms with Crippen LogP contribution in [-0.2, 0) is 6.54 Å². The van der Waals surface area contributed by atoms with E-state index in [1.807, 2.05) is 31.1 Å². The third-order valence-corrected chi connectivity index (χ3v) is 3.65. The second kappa shape index (κ2) is 5.61. The lowest BCUT2D eigenvalue weighted by Gasteiger charge is -2.15. The van der Waals surface area contributed by atoms with Crippen LogP contribution in [0.5, 0.6) is 0 Å². The predicted molar refractivity (Wildman–Crippen MR) is 85.6 cm³/mol. The fourth-order valence-electron chi connectivity index (χ4n) is 2.60. The molecular formula is C17H16F3N3. The number of benzene rings is 1. The van der Waals surface area contributed by atoms with E-state index in [4.69, 9.17) is 0 Å². The molecule has 0 amide bonds. The molecule has 0 aliphatic carbocycles. The lowest BCUT2D eigenvalue weighted by Crippen LogP contribution is -2.18. The number of alkyl halides is 3. The van der Waals surface area contributed by atoms with Gasteiger partial charge in [0.05, 0.1) is 5.69 Å². The highest BCUT2D eigenvalue weighted by atomic mass is 19.4. The molecule has 3 nitrogen and oxygen atoms in total. The summed E-state index contributed by atoms with van der Waals surface area (Å²) in [6.45, 7) is -1.02. The molecule has 0 unspecified atom stereocenters. The van der Waals surface area contributed by atoms with Crippen LogP contribution in [0.25, 0.3) is 22.2 Å². The molecule has 3 aromatic rings. The van der Waals surface area contributed by atoms with Crippen molar-refractivity contribution in [3.63, 3.8) is 0 Å². The minimum Gasteiger partial charge on any atom is -0.363 e. The van der Waals surface area contributed by atoms with E-state index >= 15 is 0 Å². The monoisotopic (exact) mass is 319 g/mol. The Balaban J connectivity index is 2.14. The number of aromatic nitrogens is 2. The molecule has 23 heavy (non-hydrogen) atoms. The molecule has 0 aliphatic heterocycles. The maximum absolute atomic E-state index is 13.0. The van der Waals surface area contributed by atoms with Gasteiger partial charge in [-0.15, -0.1) is 0 Å². The van der Waals surface area contributed by atoms with Crippen molar-refractivity contribution in [1.82, 2.24) is 9.55 Å². The number of rotatable bonds is 3. The van der Waals surface area contributed by atoms with Crippen molar-refractivity contribution in [3.8, 4) is 11.3 Å². The van der Waals surface area contributed by atoms with Crippen molar-refractivity contribution in [3.05, 3.63) is 48.7 Å². The van der Waals surface area contributed by atoms with E-state index in [0.29, 0.717) is 16.8 Å². The molecule has 0 radical (unpaired) electrons. The van der Waals surface area contributed by atoms with Gasteiger partial charge in [0.15, 0.2) is 0 Å². The first-order valence-corrected chi connectivity index (χ1v) is 7.14. The Morgan fingerprint density at radius 1 is 1.09 bits per heavy atom. The zero-order valence-electron chi connectivity index (χ0n) is 12.8. The number of anilines is 1. The summed E-state index contributed by atoms with van der Waals surface area (Å²) in [6, 6.07) is 12.4. The van der Waals surface area contributed by atoms with Crippen LogP contribution in [0.2, 0.25) is 0 Å². The number of fused-ring (bicyclic) bond motifs is 1. The molecule has 0 bridgehead atoms. The Morgan fingerprint density at radius 3 is 2.43 bits per heavy atom. The van der Waals surface area contributed by atoms with Gasteiger partial charge in [-0.2, -0.15) is 13.2 Å². The Morgan fingerprint density at radius 2 is 1.83 bits per heavy atom. The van der Waals surface area contributed by atoms with E-state index in [0.717, 1.165) is 11.2 Å². The molecule has 0 spiro atoms. The van der Waals surface area contributed by atoms with E-state index in [1.54, 1.807) is 36.5 Å². The summed E-state index contributed by atoms with van der Waals surface area (Å²) < 4.78 is 40.2.